The van der Waals surface area contributed by atoms with E-state index in [2.05, 4.69) is 11.4 Å². The first-order valence-corrected chi connectivity index (χ1v) is 9.34. The zero-order chi connectivity index (χ0) is 19.1. The fourth-order valence-electron chi connectivity index (χ4n) is 3.26. The predicted molar refractivity (Wildman–Crippen MR) is 104 cm³/mol. The standard InChI is InChI=1S/C22H23N3O2/c23-16-18-10-8-17(9-11-18)12-13-21(26)24-20-7-3-2-6-19(20)22(27)25-14-4-1-5-15-25/h2-3,6-11H,1,4-5,12-15H2,(H,24,26). The number of aryl methyl sites for hydroxylation is 1. The van der Waals surface area contributed by atoms with Gasteiger partial charge >= 0.3 is 0 Å². The van der Waals surface area contributed by atoms with Crippen molar-refractivity contribution in [3.05, 3.63) is 65.2 Å². The highest BCUT2D eigenvalue weighted by molar-refractivity contribution is 6.03. The largest absolute Gasteiger partial charge is 0.339 e. The quantitative estimate of drug-likeness (QED) is 0.881. The molecule has 1 aliphatic rings. The summed E-state index contributed by atoms with van der Waals surface area (Å²) in [4.78, 5) is 27.0. The molecule has 5 heteroatoms. The van der Waals surface area contributed by atoms with E-state index in [0.717, 1.165) is 37.9 Å². The summed E-state index contributed by atoms with van der Waals surface area (Å²) in [5.41, 5.74) is 2.72. The molecule has 2 aromatic rings. The van der Waals surface area contributed by atoms with Gasteiger partial charge in [-0.1, -0.05) is 24.3 Å². The lowest BCUT2D eigenvalue weighted by atomic mass is 10.1. The molecule has 0 saturated carbocycles. The third-order valence-electron chi connectivity index (χ3n) is 4.80. The molecule has 138 valence electrons. The molecule has 2 aromatic carbocycles. The molecule has 0 radical (unpaired) electrons. The molecule has 0 aromatic heterocycles. The van der Waals surface area contributed by atoms with Crippen molar-refractivity contribution in [3.8, 4) is 6.07 Å². The summed E-state index contributed by atoms with van der Waals surface area (Å²) in [5.74, 6) is -0.143. The number of hydrogen-bond acceptors (Lipinski definition) is 3. The molecular formula is C22H23N3O2. The molecule has 0 bridgehead atoms. The van der Waals surface area contributed by atoms with Gasteiger partial charge in [0.25, 0.3) is 5.91 Å². The summed E-state index contributed by atoms with van der Waals surface area (Å²) in [7, 11) is 0. The molecule has 3 rings (SSSR count). The van der Waals surface area contributed by atoms with Gasteiger partial charge in [0.05, 0.1) is 22.9 Å². The summed E-state index contributed by atoms with van der Waals surface area (Å²) in [5, 5.41) is 11.7. The van der Waals surface area contributed by atoms with Crippen LogP contribution in [0.4, 0.5) is 5.69 Å². The van der Waals surface area contributed by atoms with E-state index in [-0.39, 0.29) is 11.8 Å². The van der Waals surface area contributed by atoms with E-state index in [9.17, 15) is 9.59 Å². The normalized spacial score (nSPS) is 13.7. The Morgan fingerprint density at radius 2 is 1.70 bits per heavy atom. The van der Waals surface area contributed by atoms with E-state index in [1.165, 1.54) is 0 Å². The topological polar surface area (TPSA) is 73.2 Å². The SMILES string of the molecule is N#Cc1ccc(CCC(=O)Nc2ccccc2C(=O)N2CCCCC2)cc1. The van der Waals surface area contributed by atoms with Crippen molar-refractivity contribution in [2.24, 2.45) is 0 Å². The van der Waals surface area contributed by atoms with Crippen LogP contribution in [0.5, 0.6) is 0 Å². The van der Waals surface area contributed by atoms with Crippen LogP contribution in [-0.4, -0.2) is 29.8 Å². The van der Waals surface area contributed by atoms with Gasteiger partial charge < -0.3 is 10.2 Å². The van der Waals surface area contributed by atoms with Crippen LogP contribution >= 0.6 is 0 Å². The molecule has 0 aliphatic carbocycles. The number of nitrogens with one attached hydrogen (secondary N) is 1. The van der Waals surface area contributed by atoms with Crippen molar-refractivity contribution in [2.75, 3.05) is 18.4 Å². The fourth-order valence-corrected chi connectivity index (χ4v) is 3.26. The number of nitrogens with zero attached hydrogens (tertiary/aromatic N) is 2. The first-order valence-electron chi connectivity index (χ1n) is 9.34. The molecule has 27 heavy (non-hydrogen) atoms. The van der Waals surface area contributed by atoms with Crippen molar-refractivity contribution in [3.63, 3.8) is 0 Å². The van der Waals surface area contributed by atoms with Gasteiger partial charge in [-0.25, -0.2) is 0 Å². The second kappa shape index (κ2) is 9.00. The lowest BCUT2D eigenvalue weighted by molar-refractivity contribution is -0.116. The number of benzene rings is 2. The Labute approximate surface area is 159 Å². The number of para-hydroxylation sites is 1. The minimum absolute atomic E-state index is 0.0160. The molecule has 2 amide bonds. The maximum Gasteiger partial charge on any atom is 0.255 e. The maximum absolute atomic E-state index is 12.8. The van der Waals surface area contributed by atoms with Crippen molar-refractivity contribution in [1.29, 1.82) is 5.26 Å². The number of likely N-dealkylation sites (tertiary alicyclic amines) is 1. The maximum atomic E-state index is 12.8. The molecule has 1 aliphatic heterocycles. The zero-order valence-corrected chi connectivity index (χ0v) is 15.3. The third-order valence-corrected chi connectivity index (χ3v) is 4.80. The average molecular weight is 361 g/mol. The number of rotatable bonds is 5. The molecule has 1 fully saturated rings. The smallest absolute Gasteiger partial charge is 0.255 e. The molecule has 0 unspecified atom stereocenters. The molecule has 1 N–H and O–H groups in total. The average Bonchev–Trinajstić information content (AvgIpc) is 2.73. The highest BCUT2D eigenvalue weighted by Crippen LogP contribution is 2.20. The summed E-state index contributed by atoms with van der Waals surface area (Å²) < 4.78 is 0. The second-order valence-electron chi connectivity index (χ2n) is 6.76. The lowest BCUT2D eigenvalue weighted by Crippen LogP contribution is -2.36. The van der Waals surface area contributed by atoms with E-state index < -0.39 is 0 Å². The van der Waals surface area contributed by atoms with Crippen LogP contribution in [0.25, 0.3) is 0 Å². The third kappa shape index (κ3) is 4.95. The Morgan fingerprint density at radius 3 is 2.41 bits per heavy atom. The van der Waals surface area contributed by atoms with Crippen molar-refractivity contribution < 1.29 is 9.59 Å². The van der Waals surface area contributed by atoms with E-state index >= 15 is 0 Å². The number of piperidine rings is 1. The van der Waals surface area contributed by atoms with Crippen LogP contribution < -0.4 is 5.32 Å². The molecule has 5 nitrogen and oxygen atoms in total. The van der Waals surface area contributed by atoms with Crippen LogP contribution in [-0.2, 0) is 11.2 Å². The molecule has 0 spiro atoms. The van der Waals surface area contributed by atoms with E-state index in [4.69, 9.17) is 5.26 Å². The monoisotopic (exact) mass is 361 g/mol. The van der Waals surface area contributed by atoms with Crippen LogP contribution in [0.2, 0.25) is 0 Å². The second-order valence-corrected chi connectivity index (χ2v) is 6.76. The Hall–Kier alpha value is -3.13. The molecule has 1 saturated heterocycles. The van der Waals surface area contributed by atoms with Crippen LogP contribution in [0.3, 0.4) is 0 Å². The van der Waals surface area contributed by atoms with E-state index in [1.54, 1.807) is 24.3 Å². The summed E-state index contributed by atoms with van der Waals surface area (Å²) >= 11 is 0. The first kappa shape index (κ1) is 18.7. The molecular weight excluding hydrogens is 338 g/mol. The number of amides is 2. The Bertz CT molecular complexity index is 847. The summed E-state index contributed by atoms with van der Waals surface area (Å²) in [6.45, 7) is 1.56. The van der Waals surface area contributed by atoms with Gasteiger partial charge in [0.1, 0.15) is 0 Å². The van der Waals surface area contributed by atoms with Crippen LogP contribution in [0.15, 0.2) is 48.5 Å². The number of carbonyl (C=O) groups is 2. The predicted octanol–water partition coefficient (Wildman–Crippen LogP) is 3.76. The lowest BCUT2D eigenvalue weighted by Gasteiger charge is -2.27. The Kier molecular flexibility index (Phi) is 6.22. The van der Waals surface area contributed by atoms with Gasteiger partial charge in [-0.3, -0.25) is 9.59 Å². The fraction of sp³-hybridized carbons (Fsp3) is 0.318. The van der Waals surface area contributed by atoms with Crippen LogP contribution in [0.1, 0.15) is 47.2 Å². The van der Waals surface area contributed by atoms with Crippen molar-refractivity contribution in [2.45, 2.75) is 32.1 Å². The van der Waals surface area contributed by atoms with Gasteiger partial charge in [-0.15, -0.1) is 0 Å². The number of nitriles is 1. The number of anilines is 1. The van der Waals surface area contributed by atoms with Gasteiger partial charge in [0.15, 0.2) is 0 Å². The summed E-state index contributed by atoms with van der Waals surface area (Å²) in [6, 6.07) is 16.5. The number of hydrogen-bond donors (Lipinski definition) is 1. The minimum atomic E-state index is -0.127. The zero-order valence-electron chi connectivity index (χ0n) is 15.3. The minimum Gasteiger partial charge on any atom is -0.339 e. The number of carbonyl (C=O) groups excluding carboxylic acids is 2. The van der Waals surface area contributed by atoms with Gasteiger partial charge in [-0.05, 0) is 55.5 Å². The highest BCUT2D eigenvalue weighted by Gasteiger charge is 2.21. The highest BCUT2D eigenvalue weighted by atomic mass is 16.2. The Balaban J connectivity index is 1.62. The van der Waals surface area contributed by atoms with Crippen molar-refractivity contribution >= 4 is 17.5 Å². The van der Waals surface area contributed by atoms with E-state index in [1.807, 2.05) is 29.2 Å². The van der Waals surface area contributed by atoms with Gasteiger partial charge in [-0.2, -0.15) is 5.26 Å². The summed E-state index contributed by atoms with van der Waals surface area (Å²) in [6.07, 6.45) is 4.13. The van der Waals surface area contributed by atoms with Crippen molar-refractivity contribution in [1.82, 2.24) is 4.90 Å². The van der Waals surface area contributed by atoms with Gasteiger partial charge in [0.2, 0.25) is 5.91 Å². The van der Waals surface area contributed by atoms with E-state index in [0.29, 0.717) is 29.7 Å². The first-order chi connectivity index (χ1) is 13.2. The molecule has 0 atom stereocenters. The molecule has 1 heterocycles. The van der Waals surface area contributed by atoms with Gasteiger partial charge in [0, 0.05) is 19.5 Å². The van der Waals surface area contributed by atoms with Crippen LogP contribution in [0, 0.1) is 11.3 Å². The Morgan fingerprint density at radius 1 is 1.00 bits per heavy atom.